The van der Waals surface area contributed by atoms with Crippen LogP contribution in [-0.2, 0) is 5.54 Å². The third-order valence-corrected chi connectivity index (χ3v) is 8.40. The molecule has 2 aromatic carbocycles. The van der Waals surface area contributed by atoms with Crippen molar-refractivity contribution in [2.75, 3.05) is 0 Å². The Bertz CT molecular complexity index is 1130. The highest BCUT2D eigenvalue weighted by atomic mass is 15.2. The highest BCUT2D eigenvalue weighted by Crippen LogP contribution is 2.59. The SMILES string of the molecule is [2H]c1n2c(c(C)[n+]1-c1ccccc1C)-c1ccccc1C2(C1CCCC1)C1CCCC1. The minimum Gasteiger partial charge on any atom is -0.219 e. The molecule has 6 rings (SSSR count). The van der Waals surface area contributed by atoms with Crippen molar-refractivity contribution in [2.24, 2.45) is 11.8 Å². The van der Waals surface area contributed by atoms with Gasteiger partial charge in [0.15, 0.2) is 12.8 Å². The first-order valence-electron chi connectivity index (χ1n) is 12.5. The highest BCUT2D eigenvalue weighted by molar-refractivity contribution is 5.73. The third-order valence-electron chi connectivity index (χ3n) is 8.40. The molecule has 154 valence electrons. The van der Waals surface area contributed by atoms with Gasteiger partial charge in [-0.25, -0.2) is 4.57 Å². The molecular weight excluding hydrogens is 364 g/mol. The number of fused-ring (bicyclic) bond motifs is 3. The summed E-state index contributed by atoms with van der Waals surface area (Å²) in [6.45, 7) is 4.39. The molecule has 0 saturated heterocycles. The molecule has 2 fully saturated rings. The first kappa shape index (κ1) is 17.3. The Morgan fingerprint density at radius 3 is 2.13 bits per heavy atom. The van der Waals surface area contributed by atoms with Crippen LogP contribution in [0, 0.1) is 25.7 Å². The van der Waals surface area contributed by atoms with Gasteiger partial charge in [-0.2, -0.15) is 4.57 Å². The lowest BCUT2D eigenvalue weighted by atomic mass is 9.68. The summed E-state index contributed by atoms with van der Waals surface area (Å²) in [6.07, 6.45) is 11.2. The van der Waals surface area contributed by atoms with E-state index in [9.17, 15) is 1.37 Å². The topological polar surface area (TPSA) is 8.81 Å². The largest absolute Gasteiger partial charge is 0.250 e. The second-order valence-electron chi connectivity index (χ2n) is 9.83. The first-order chi connectivity index (χ1) is 15.2. The second kappa shape index (κ2) is 6.83. The molecule has 2 aliphatic carbocycles. The van der Waals surface area contributed by atoms with Gasteiger partial charge in [-0.05, 0) is 44.2 Å². The maximum atomic E-state index is 9.57. The second-order valence-corrected chi connectivity index (χ2v) is 9.83. The van der Waals surface area contributed by atoms with E-state index in [-0.39, 0.29) is 5.54 Å². The van der Waals surface area contributed by atoms with Crippen LogP contribution in [0.15, 0.2) is 54.8 Å². The Morgan fingerprint density at radius 1 is 0.867 bits per heavy atom. The van der Waals surface area contributed by atoms with Crippen LogP contribution < -0.4 is 4.57 Å². The van der Waals surface area contributed by atoms with E-state index in [1.807, 2.05) is 0 Å². The average Bonchev–Trinajstić information content (AvgIpc) is 3.56. The van der Waals surface area contributed by atoms with Crippen LogP contribution in [0.3, 0.4) is 0 Å². The van der Waals surface area contributed by atoms with Gasteiger partial charge in [0.2, 0.25) is 6.30 Å². The van der Waals surface area contributed by atoms with Crippen LogP contribution in [0.1, 0.15) is 69.6 Å². The van der Waals surface area contributed by atoms with Crippen LogP contribution in [0.4, 0.5) is 0 Å². The van der Waals surface area contributed by atoms with E-state index in [2.05, 4.69) is 71.5 Å². The van der Waals surface area contributed by atoms with Gasteiger partial charge < -0.3 is 0 Å². The number of para-hydroxylation sites is 1. The van der Waals surface area contributed by atoms with Crippen molar-refractivity contribution in [3.05, 3.63) is 71.7 Å². The van der Waals surface area contributed by atoms with Gasteiger partial charge in [-0.15, -0.1) is 0 Å². The van der Waals surface area contributed by atoms with Gasteiger partial charge in [-0.3, -0.25) is 0 Å². The van der Waals surface area contributed by atoms with E-state index >= 15 is 0 Å². The minimum absolute atomic E-state index is 0.0469. The predicted molar refractivity (Wildman–Crippen MR) is 122 cm³/mol. The lowest BCUT2D eigenvalue weighted by molar-refractivity contribution is -0.602. The van der Waals surface area contributed by atoms with Crippen molar-refractivity contribution >= 4 is 0 Å². The van der Waals surface area contributed by atoms with Gasteiger partial charge >= 0.3 is 0 Å². The molecule has 0 atom stereocenters. The van der Waals surface area contributed by atoms with Crippen molar-refractivity contribution < 1.29 is 5.94 Å². The molecule has 2 heterocycles. The molecule has 1 aromatic heterocycles. The highest BCUT2D eigenvalue weighted by Gasteiger charge is 2.59. The van der Waals surface area contributed by atoms with Gasteiger partial charge in [0, 0.05) is 29.9 Å². The Morgan fingerprint density at radius 2 is 1.47 bits per heavy atom. The summed E-state index contributed by atoms with van der Waals surface area (Å²) in [6, 6.07) is 17.7. The maximum Gasteiger partial charge on any atom is 0.250 e. The molecule has 0 unspecified atom stereocenters. The number of nitrogens with zero attached hydrogens (tertiary/aromatic N) is 2. The fourth-order valence-electron chi connectivity index (χ4n) is 7.15. The molecule has 0 radical (unpaired) electrons. The lowest BCUT2D eigenvalue weighted by Gasteiger charge is -2.39. The number of imidazole rings is 1. The smallest absolute Gasteiger partial charge is 0.219 e. The molecule has 1 aliphatic heterocycles. The summed E-state index contributed by atoms with van der Waals surface area (Å²) in [5, 5.41) is 0. The van der Waals surface area contributed by atoms with Crippen LogP contribution in [0.2, 0.25) is 0 Å². The summed E-state index contributed by atoms with van der Waals surface area (Å²) >= 11 is 0. The van der Waals surface area contributed by atoms with Crippen LogP contribution in [-0.4, -0.2) is 4.57 Å². The number of aryl methyl sites for hydroxylation is 1. The van der Waals surface area contributed by atoms with Crippen molar-refractivity contribution in [2.45, 2.75) is 70.8 Å². The molecule has 0 amide bonds. The lowest BCUT2D eigenvalue weighted by Crippen LogP contribution is -2.46. The zero-order valence-corrected chi connectivity index (χ0v) is 18.3. The summed E-state index contributed by atoms with van der Waals surface area (Å²) in [7, 11) is 0. The fourth-order valence-corrected chi connectivity index (χ4v) is 7.15. The third kappa shape index (κ3) is 2.34. The van der Waals surface area contributed by atoms with E-state index < -0.39 is 0 Å². The van der Waals surface area contributed by atoms with Gasteiger partial charge in [-0.1, -0.05) is 68.1 Å². The van der Waals surface area contributed by atoms with E-state index in [1.165, 1.54) is 79.4 Å². The minimum atomic E-state index is -0.0469. The molecule has 2 saturated carbocycles. The predicted octanol–water partition coefficient (Wildman–Crippen LogP) is 6.49. The molecule has 0 bridgehead atoms. The van der Waals surface area contributed by atoms with Crippen molar-refractivity contribution in [1.82, 2.24) is 4.57 Å². The van der Waals surface area contributed by atoms with Gasteiger partial charge in [0.05, 0.1) is 0 Å². The number of aromatic nitrogens is 2. The number of hydrogen-bond donors (Lipinski definition) is 0. The standard InChI is InChI=1S/C28H33N2/c1-20-11-3-10-18-26(20)29-19-30-27(21(29)2)24-16-8-9-17-25(24)28(30,22-12-4-5-13-22)23-14-6-7-15-23/h3,8-11,16-19,22-23H,4-7,12-15H2,1-2H3/q+1/i19D. The van der Waals surface area contributed by atoms with Crippen molar-refractivity contribution in [1.29, 1.82) is 0 Å². The van der Waals surface area contributed by atoms with E-state index in [1.54, 1.807) is 0 Å². The van der Waals surface area contributed by atoms with Gasteiger partial charge in [0.1, 0.15) is 11.2 Å². The maximum absolute atomic E-state index is 9.57. The number of hydrogen-bond acceptors (Lipinski definition) is 0. The number of benzene rings is 2. The van der Waals surface area contributed by atoms with Crippen molar-refractivity contribution in [3.8, 4) is 16.9 Å². The fraction of sp³-hybridized carbons (Fsp3) is 0.464. The Balaban J connectivity index is 1.71. The van der Waals surface area contributed by atoms with Crippen LogP contribution in [0.25, 0.3) is 16.9 Å². The molecule has 3 aromatic rings. The van der Waals surface area contributed by atoms with E-state index in [0.29, 0.717) is 18.1 Å². The van der Waals surface area contributed by atoms with E-state index in [4.69, 9.17) is 0 Å². The molecule has 0 N–H and O–H groups in total. The van der Waals surface area contributed by atoms with Crippen molar-refractivity contribution in [3.63, 3.8) is 0 Å². The molecular formula is C28H33N2+. The number of rotatable bonds is 3. The molecule has 2 heteroatoms. The zero-order chi connectivity index (χ0) is 21.2. The Kier molecular flexibility index (Phi) is 3.95. The summed E-state index contributed by atoms with van der Waals surface area (Å²) in [4.78, 5) is 0. The van der Waals surface area contributed by atoms with Gasteiger partial charge in [0.25, 0.3) is 0 Å². The first-order valence-corrected chi connectivity index (χ1v) is 12.0. The summed E-state index contributed by atoms with van der Waals surface area (Å²) < 4.78 is 14.3. The zero-order valence-electron chi connectivity index (χ0n) is 19.3. The van der Waals surface area contributed by atoms with Crippen LogP contribution >= 0.6 is 0 Å². The van der Waals surface area contributed by atoms with Crippen LogP contribution in [0.5, 0.6) is 0 Å². The molecule has 2 nitrogen and oxygen atoms in total. The Hall–Kier alpha value is -2.35. The molecule has 30 heavy (non-hydrogen) atoms. The Labute approximate surface area is 182 Å². The summed E-state index contributed by atoms with van der Waals surface area (Å²) in [5.41, 5.74) is 7.73. The molecule has 0 spiro atoms. The normalized spacial score (nSPS) is 21.1. The van der Waals surface area contributed by atoms with E-state index in [0.717, 1.165) is 5.69 Å². The quantitative estimate of drug-likeness (QED) is 0.446. The monoisotopic (exact) mass is 398 g/mol. The molecule has 3 aliphatic rings. The summed E-state index contributed by atoms with van der Waals surface area (Å²) in [5.74, 6) is 1.28. The average molecular weight is 399 g/mol.